The van der Waals surface area contributed by atoms with Crippen LogP contribution in [0.1, 0.15) is 28.1 Å². The third-order valence-electron chi connectivity index (χ3n) is 6.35. The third kappa shape index (κ3) is 6.45. The topological polar surface area (TPSA) is 83.8 Å². The maximum atomic E-state index is 13.3. The number of hydrogen-bond donors (Lipinski definition) is 1. The maximum absolute atomic E-state index is 13.3. The fraction of sp³-hybridized carbons (Fsp3) is 0.200. The summed E-state index contributed by atoms with van der Waals surface area (Å²) in [6.07, 6.45) is 2.07. The molecule has 38 heavy (non-hydrogen) atoms. The number of carbonyl (C=O) groups is 1. The Morgan fingerprint density at radius 1 is 0.921 bits per heavy atom. The van der Waals surface area contributed by atoms with Gasteiger partial charge in [0.05, 0.1) is 17.7 Å². The molecule has 1 heterocycles. The van der Waals surface area contributed by atoms with E-state index in [4.69, 9.17) is 0 Å². The van der Waals surface area contributed by atoms with Gasteiger partial charge in [-0.25, -0.2) is 13.8 Å². The molecule has 4 aromatic rings. The van der Waals surface area contributed by atoms with Gasteiger partial charge in [0.15, 0.2) is 0 Å². The number of benzene rings is 3. The minimum Gasteiger partial charge on any atom is -0.318 e. The lowest BCUT2D eigenvalue weighted by Gasteiger charge is -2.21. The number of nitrogens with zero attached hydrogens (tertiary/aromatic N) is 3. The van der Waals surface area contributed by atoms with E-state index in [1.165, 1.54) is 22.0 Å². The molecule has 0 spiro atoms. The van der Waals surface area contributed by atoms with E-state index in [0.717, 1.165) is 28.2 Å². The molecule has 3 aromatic carbocycles. The summed E-state index contributed by atoms with van der Waals surface area (Å²) in [6.45, 7) is 5.88. The normalized spacial score (nSPS) is 11.8. The highest BCUT2D eigenvalue weighted by atomic mass is 32.2. The Bertz CT molecular complexity index is 1510. The van der Waals surface area contributed by atoms with Gasteiger partial charge in [-0.05, 0) is 63.1 Å². The number of sulfonamides is 1. The second-order valence-electron chi connectivity index (χ2n) is 9.18. The van der Waals surface area contributed by atoms with E-state index in [1.807, 2.05) is 57.2 Å². The first-order chi connectivity index (χ1) is 18.3. The van der Waals surface area contributed by atoms with E-state index in [2.05, 4.69) is 39.4 Å². The maximum Gasteiger partial charge on any atom is 0.255 e. The van der Waals surface area contributed by atoms with Crippen molar-refractivity contribution in [1.29, 1.82) is 0 Å². The largest absolute Gasteiger partial charge is 0.318 e. The van der Waals surface area contributed by atoms with E-state index in [-0.39, 0.29) is 18.0 Å². The van der Waals surface area contributed by atoms with Gasteiger partial charge in [0.2, 0.25) is 10.0 Å². The van der Waals surface area contributed by atoms with Gasteiger partial charge < -0.3 is 4.57 Å². The Kier molecular flexibility index (Phi) is 8.55. The lowest BCUT2D eigenvalue weighted by molar-refractivity contribution is -0.121. The van der Waals surface area contributed by atoms with Crippen LogP contribution in [0, 0.1) is 20.8 Å². The zero-order valence-corrected chi connectivity index (χ0v) is 22.7. The molecule has 0 fully saturated rings. The lowest BCUT2D eigenvalue weighted by atomic mass is 10.1. The molecule has 0 aliphatic heterocycles. The Hall–Kier alpha value is -4.01. The SMILES string of the molecule is Cc1ccc(-n2c(C)cc(/C=N/NC(=O)CN(CCc3ccccc3)S(=O)(=O)c3ccccc3)c2C)cc1. The number of aryl methyl sites for hydroxylation is 2. The molecule has 0 atom stereocenters. The molecule has 0 unspecified atom stereocenters. The number of amides is 1. The monoisotopic (exact) mass is 528 g/mol. The summed E-state index contributed by atoms with van der Waals surface area (Å²) < 4.78 is 30.0. The van der Waals surface area contributed by atoms with Gasteiger partial charge in [0.1, 0.15) is 0 Å². The molecule has 0 aliphatic carbocycles. The summed E-state index contributed by atoms with van der Waals surface area (Å²) in [7, 11) is -3.87. The van der Waals surface area contributed by atoms with Gasteiger partial charge in [-0.15, -0.1) is 0 Å². The van der Waals surface area contributed by atoms with Crippen LogP contribution >= 0.6 is 0 Å². The van der Waals surface area contributed by atoms with Crippen LogP contribution in [0.4, 0.5) is 0 Å². The summed E-state index contributed by atoms with van der Waals surface area (Å²) in [4.78, 5) is 13.0. The van der Waals surface area contributed by atoms with Crippen molar-refractivity contribution in [2.45, 2.75) is 32.1 Å². The highest BCUT2D eigenvalue weighted by Crippen LogP contribution is 2.20. The van der Waals surface area contributed by atoms with E-state index in [9.17, 15) is 13.2 Å². The molecular weight excluding hydrogens is 496 g/mol. The van der Waals surface area contributed by atoms with Crippen LogP contribution in [-0.2, 0) is 21.2 Å². The molecule has 0 saturated heterocycles. The summed E-state index contributed by atoms with van der Waals surface area (Å²) in [6, 6.07) is 28.0. The van der Waals surface area contributed by atoms with Crippen LogP contribution in [0.5, 0.6) is 0 Å². The first-order valence-corrected chi connectivity index (χ1v) is 13.9. The van der Waals surface area contributed by atoms with Crippen LogP contribution < -0.4 is 5.43 Å². The molecule has 0 saturated carbocycles. The molecule has 7 nitrogen and oxygen atoms in total. The molecule has 0 bridgehead atoms. The summed E-state index contributed by atoms with van der Waals surface area (Å²) in [5.41, 5.74) is 8.62. The van der Waals surface area contributed by atoms with Crippen LogP contribution in [0.15, 0.2) is 101 Å². The molecule has 0 radical (unpaired) electrons. The predicted molar refractivity (Wildman–Crippen MR) is 151 cm³/mol. The Morgan fingerprint density at radius 2 is 1.55 bits per heavy atom. The summed E-state index contributed by atoms with van der Waals surface area (Å²) in [5.74, 6) is -0.513. The van der Waals surface area contributed by atoms with E-state index < -0.39 is 15.9 Å². The highest BCUT2D eigenvalue weighted by molar-refractivity contribution is 7.89. The second kappa shape index (κ2) is 12.0. The number of hydrogen-bond acceptors (Lipinski definition) is 4. The first-order valence-electron chi connectivity index (χ1n) is 12.4. The summed E-state index contributed by atoms with van der Waals surface area (Å²) >= 11 is 0. The number of nitrogens with one attached hydrogen (secondary N) is 1. The van der Waals surface area contributed by atoms with Crippen molar-refractivity contribution in [2.75, 3.05) is 13.1 Å². The Labute approximate surface area is 224 Å². The van der Waals surface area contributed by atoms with Gasteiger partial charge in [-0.1, -0.05) is 66.2 Å². The van der Waals surface area contributed by atoms with Gasteiger partial charge in [-0.3, -0.25) is 4.79 Å². The Balaban J connectivity index is 1.47. The Morgan fingerprint density at radius 3 is 2.21 bits per heavy atom. The van der Waals surface area contributed by atoms with Crippen molar-refractivity contribution in [3.05, 3.63) is 119 Å². The van der Waals surface area contributed by atoms with Crippen molar-refractivity contribution < 1.29 is 13.2 Å². The minimum atomic E-state index is -3.87. The zero-order valence-electron chi connectivity index (χ0n) is 21.8. The quantitative estimate of drug-likeness (QED) is 0.237. The van der Waals surface area contributed by atoms with Crippen molar-refractivity contribution in [3.63, 3.8) is 0 Å². The van der Waals surface area contributed by atoms with Crippen LogP contribution in [-0.4, -0.2) is 42.5 Å². The second-order valence-corrected chi connectivity index (χ2v) is 11.1. The first kappa shape index (κ1) is 27.0. The average Bonchev–Trinajstić information content (AvgIpc) is 3.20. The molecule has 4 rings (SSSR count). The molecule has 1 N–H and O–H groups in total. The van der Waals surface area contributed by atoms with E-state index in [1.54, 1.807) is 24.4 Å². The zero-order chi connectivity index (χ0) is 27.1. The minimum absolute atomic E-state index is 0.146. The molecule has 1 aromatic heterocycles. The fourth-order valence-corrected chi connectivity index (χ4v) is 5.72. The van der Waals surface area contributed by atoms with Gasteiger partial charge in [0, 0.05) is 29.2 Å². The van der Waals surface area contributed by atoms with Crippen molar-refractivity contribution in [3.8, 4) is 5.69 Å². The van der Waals surface area contributed by atoms with E-state index in [0.29, 0.717) is 6.42 Å². The third-order valence-corrected chi connectivity index (χ3v) is 8.21. The van der Waals surface area contributed by atoms with Crippen LogP contribution in [0.3, 0.4) is 0 Å². The summed E-state index contributed by atoms with van der Waals surface area (Å²) in [5, 5.41) is 4.13. The van der Waals surface area contributed by atoms with Crippen molar-refractivity contribution >= 4 is 22.1 Å². The molecule has 196 valence electrons. The number of rotatable bonds is 10. The van der Waals surface area contributed by atoms with Gasteiger partial charge >= 0.3 is 0 Å². The molecule has 0 aliphatic rings. The number of aromatic nitrogens is 1. The van der Waals surface area contributed by atoms with Crippen LogP contribution in [0.2, 0.25) is 0 Å². The highest BCUT2D eigenvalue weighted by Gasteiger charge is 2.26. The van der Waals surface area contributed by atoms with Crippen molar-refractivity contribution in [2.24, 2.45) is 5.10 Å². The molecule has 1 amide bonds. The van der Waals surface area contributed by atoms with Gasteiger partial charge in [0.25, 0.3) is 5.91 Å². The predicted octanol–water partition coefficient (Wildman–Crippen LogP) is 4.79. The standard InChI is InChI=1S/C30H32N4O3S/c1-23-14-16-28(17-15-23)34-24(2)20-27(25(34)3)21-31-32-30(35)22-33(19-18-26-10-6-4-7-11-26)38(36,37)29-12-8-5-9-13-29/h4-17,20-21H,18-19,22H2,1-3H3,(H,32,35)/b31-21+. The number of hydrazone groups is 1. The van der Waals surface area contributed by atoms with Crippen molar-refractivity contribution in [1.82, 2.24) is 14.3 Å². The van der Waals surface area contributed by atoms with Crippen LogP contribution in [0.25, 0.3) is 5.69 Å². The van der Waals surface area contributed by atoms with Gasteiger partial charge in [-0.2, -0.15) is 9.41 Å². The fourth-order valence-electron chi connectivity index (χ4n) is 4.30. The number of carbonyl (C=O) groups excluding carboxylic acids is 1. The average molecular weight is 529 g/mol. The lowest BCUT2D eigenvalue weighted by Crippen LogP contribution is -2.40. The molecular formula is C30H32N4O3S. The molecule has 8 heteroatoms. The van der Waals surface area contributed by atoms with E-state index >= 15 is 0 Å². The smallest absolute Gasteiger partial charge is 0.255 e.